The van der Waals surface area contributed by atoms with E-state index in [4.69, 9.17) is 14.2 Å². The summed E-state index contributed by atoms with van der Waals surface area (Å²) in [6.45, 7) is 10.2. The third-order valence-electron chi connectivity index (χ3n) is 2.88. The minimum atomic E-state index is -0.451. The first-order valence-electron chi connectivity index (χ1n) is 5.33. The van der Waals surface area contributed by atoms with Gasteiger partial charge in [-0.2, -0.15) is 0 Å². The molecule has 3 heteroatoms. The van der Waals surface area contributed by atoms with E-state index in [1.807, 2.05) is 13.8 Å². The van der Waals surface area contributed by atoms with Gasteiger partial charge in [-0.1, -0.05) is 0 Å². The van der Waals surface area contributed by atoms with Gasteiger partial charge in [-0.15, -0.1) is 0 Å². The normalized spacial score (nSPS) is 44.8. The van der Waals surface area contributed by atoms with E-state index in [0.717, 1.165) is 6.42 Å². The molecule has 0 N–H and O–H groups in total. The van der Waals surface area contributed by atoms with Gasteiger partial charge in [0.05, 0.1) is 17.8 Å². The van der Waals surface area contributed by atoms with E-state index in [0.29, 0.717) is 0 Å². The van der Waals surface area contributed by atoms with Crippen molar-refractivity contribution in [1.82, 2.24) is 0 Å². The molecule has 0 aliphatic carbocycles. The molecule has 0 aromatic rings. The summed E-state index contributed by atoms with van der Waals surface area (Å²) in [5, 5.41) is 0. The Morgan fingerprint density at radius 1 is 1.00 bits per heavy atom. The highest BCUT2D eigenvalue weighted by molar-refractivity contribution is 4.94. The molecule has 0 aromatic heterocycles. The molecule has 2 heterocycles. The summed E-state index contributed by atoms with van der Waals surface area (Å²) >= 11 is 0. The molecule has 2 rings (SSSR count). The Balaban J connectivity index is 2.15. The Labute approximate surface area is 85.7 Å². The van der Waals surface area contributed by atoms with Gasteiger partial charge in [0, 0.05) is 6.42 Å². The van der Waals surface area contributed by atoms with Gasteiger partial charge >= 0.3 is 0 Å². The van der Waals surface area contributed by atoms with Crippen LogP contribution in [0.25, 0.3) is 0 Å². The summed E-state index contributed by atoms with van der Waals surface area (Å²) < 4.78 is 17.5. The molecule has 2 aliphatic rings. The van der Waals surface area contributed by atoms with Crippen molar-refractivity contribution in [2.45, 2.75) is 70.7 Å². The smallest absolute Gasteiger partial charge is 0.163 e. The van der Waals surface area contributed by atoms with Gasteiger partial charge in [0.2, 0.25) is 0 Å². The highest BCUT2D eigenvalue weighted by Crippen LogP contribution is 2.40. The second-order valence-corrected chi connectivity index (χ2v) is 5.43. The van der Waals surface area contributed by atoms with Crippen molar-refractivity contribution in [2.75, 3.05) is 0 Å². The van der Waals surface area contributed by atoms with Crippen LogP contribution in [-0.4, -0.2) is 29.7 Å². The molecule has 3 nitrogen and oxygen atoms in total. The van der Waals surface area contributed by atoms with Crippen molar-refractivity contribution in [3.63, 3.8) is 0 Å². The molecule has 0 spiro atoms. The van der Waals surface area contributed by atoms with Gasteiger partial charge in [-0.25, -0.2) is 0 Å². The summed E-state index contributed by atoms with van der Waals surface area (Å²) in [6, 6.07) is 0. The minimum Gasteiger partial charge on any atom is -0.370 e. The Morgan fingerprint density at radius 3 is 2.29 bits per heavy atom. The first-order valence-corrected chi connectivity index (χ1v) is 5.33. The van der Waals surface area contributed by atoms with E-state index in [2.05, 4.69) is 20.8 Å². The molecule has 0 aromatic carbocycles. The van der Waals surface area contributed by atoms with Gasteiger partial charge < -0.3 is 14.2 Å². The fourth-order valence-electron chi connectivity index (χ4n) is 2.52. The van der Waals surface area contributed by atoms with E-state index in [-0.39, 0.29) is 23.9 Å². The molecular formula is C11H20O3. The lowest BCUT2D eigenvalue weighted by Gasteiger charge is -2.40. The Kier molecular flexibility index (Phi) is 2.18. The fraction of sp³-hybridized carbons (Fsp3) is 1.00. The summed E-state index contributed by atoms with van der Waals surface area (Å²) in [5.74, 6) is -0.451. The lowest BCUT2D eigenvalue weighted by atomic mass is 9.91. The maximum atomic E-state index is 5.88. The zero-order valence-electron chi connectivity index (χ0n) is 9.66. The van der Waals surface area contributed by atoms with E-state index in [1.54, 1.807) is 0 Å². The average Bonchev–Trinajstić information content (AvgIpc) is 2.21. The molecular weight excluding hydrogens is 180 g/mol. The molecule has 82 valence electrons. The summed E-state index contributed by atoms with van der Waals surface area (Å²) in [4.78, 5) is 0. The van der Waals surface area contributed by atoms with Crippen molar-refractivity contribution in [3.8, 4) is 0 Å². The fourth-order valence-corrected chi connectivity index (χ4v) is 2.52. The average molecular weight is 200 g/mol. The highest BCUT2D eigenvalue weighted by Gasteiger charge is 2.50. The molecule has 2 saturated heterocycles. The lowest BCUT2D eigenvalue weighted by molar-refractivity contribution is -0.170. The van der Waals surface area contributed by atoms with Crippen LogP contribution in [0.2, 0.25) is 0 Å². The Morgan fingerprint density at radius 2 is 1.64 bits per heavy atom. The molecule has 14 heavy (non-hydrogen) atoms. The van der Waals surface area contributed by atoms with Crippen LogP contribution in [0.1, 0.15) is 41.0 Å². The first kappa shape index (κ1) is 10.4. The zero-order valence-corrected chi connectivity index (χ0v) is 9.66. The topological polar surface area (TPSA) is 27.7 Å². The lowest BCUT2D eigenvalue weighted by Crippen LogP contribution is -2.49. The quantitative estimate of drug-likeness (QED) is 0.599. The molecule has 2 fully saturated rings. The van der Waals surface area contributed by atoms with E-state index >= 15 is 0 Å². The third kappa shape index (κ3) is 1.81. The summed E-state index contributed by atoms with van der Waals surface area (Å²) in [6.07, 6.45) is 1.30. The maximum Gasteiger partial charge on any atom is 0.163 e. The summed E-state index contributed by atoms with van der Waals surface area (Å²) in [7, 11) is 0. The van der Waals surface area contributed by atoms with Crippen molar-refractivity contribution < 1.29 is 14.2 Å². The predicted octanol–water partition coefficient (Wildman–Crippen LogP) is 2.09. The van der Waals surface area contributed by atoms with E-state index in [1.165, 1.54) is 0 Å². The number of hydrogen-bond donors (Lipinski definition) is 0. The second-order valence-electron chi connectivity index (χ2n) is 5.43. The SMILES string of the molecule is CC1OC(C)(C)CC2OC(C)(C)OC12. The minimum absolute atomic E-state index is 0.0929. The van der Waals surface area contributed by atoms with Crippen LogP contribution < -0.4 is 0 Å². The van der Waals surface area contributed by atoms with Crippen LogP contribution >= 0.6 is 0 Å². The van der Waals surface area contributed by atoms with Crippen molar-refractivity contribution in [1.29, 1.82) is 0 Å². The highest BCUT2D eigenvalue weighted by atomic mass is 16.8. The third-order valence-corrected chi connectivity index (χ3v) is 2.88. The number of fused-ring (bicyclic) bond motifs is 1. The van der Waals surface area contributed by atoms with Gasteiger partial charge in [-0.05, 0) is 34.6 Å². The number of rotatable bonds is 0. The molecule has 0 saturated carbocycles. The van der Waals surface area contributed by atoms with Crippen LogP contribution in [0.3, 0.4) is 0 Å². The molecule has 0 amide bonds. The Bertz CT molecular complexity index is 235. The van der Waals surface area contributed by atoms with Crippen LogP contribution in [0.15, 0.2) is 0 Å². The van der Waals surface area contributed by atoms with Crippen LogP contribution in [0.4, 0.5) is 0 Å². The van der Waals surface area contributed by atoms with Crippen molar-refractivity contribution >= 4 is 0 Å². The van der Waals surface area contributed by atoms with E-state index < -0.39 is 5.79 Å². The van der Waals surface area contributed by atoms with Gasteiger partial charge in [0.1, 0.15) is 6.10 Å². The van der Waals surface area contributed by atoms with E-state index in [9.17, 15) is 0 Å². The van der Waals surface area contributed by atoms with Crippen molar-refractivity contribution in [3.05, 3.63) is 0 Å². The summed E-state index contributed by atoms with van der Waals surface area (Å²) in [5.41, 5.74) is -0.0929. The van der Waals surface area contributed by atoms with Crippen LogP contribution in [0, 0.1) is 0 Å². The molecule has 3 atom stereocenters. The monoisotopic (exact) mass is 200 g/mol. The Hall–Kier alpha value is -0.120. The predicted molar refractivity (Wildman–Crippen MR) is 53.1 cm³/mol. The van der Waals surface area contributed by atoms with Crippen molar-refractivity contribution in [2.24, 2.45) is 0 Å². The van der Waals surface area contributed by atoms with Gasteiger partial charge in [0.25, 0.3) is 0 Å². The molecule has 2 aliphatic heterocycles. The standard InChI is InChI=1S/C11H20O3/c1-7-9-8(6-10(2,3)12-7)13-11(4,5)14-9/h7-9H,6H2,1-5H3. The second kappa shape index (κ2) is 2.94. The van der Waals surface area contributed by atoms with Gasteiger partial charge in [0.15, 0.2) is 5.79 Å². The number of ether oxygens (including phenoxy) is 3. The first-order chi connectivity index (χ1) is 6.29. The number of hydrogen-bond acceptors (Lipinski definition) is 3. The largest absolute Gasteiger partial charge is 0.370 e. The molecule has 0 radical (unpaired) electrons. The van der Waals surface area contributed by atoms with Gasteiger partial charge in [-0.3, -0.25) is 0 Å². The molecule has 3 unspecified atom stereocenters. The molecule has 0 bridgehead atoms. The zero-order chi connectivity index (χ0) is 10.6. The maximum absolute atomic E-state index is 5.88. The van der Waals surface area contributed by atoms with Crippen LogP contribution in [0.5, 0.6) is 0 Å². The van der Waals surface area contributed by atoms with Crippen LogP contribution in [-0.2, 0) is 14.2 Å².